The monoisotopic (exact) mass is 501 g/mol. The normalized spacial score (nSPS) is 16.0. The Hall–Kier alpha value is -3.62. The number of rotatable bonds is 6. The topological polar surface area (TPSA) is 83.3 Å². The Morgan fingerprint density at radius 3 is 2.59 bits per heavy atom. The molecule has 1 atom stereocenters. The third-order valence-electron chi connectivity index (χ3n) is 6.95. The van der Waals surface area contributed by atoms with E-state index in [1.54, 1.807) is 6.20 Å². The van der Waals surface area contributed by atoms with Crippen molar-refractivity contribution in [2.75, 3.05) is 20.1 Å². The van der Waals surface area contributed by atoms with E-state index in [1.165, 1.54) is 35.9 Å². The van der Waals surface area contributed by atoms with Gasteiger partial charge in [0.25, 0.3) is 5.56 Å². The number of phenolic OH excluding ortho intramolecular Hbond substituents is 1. The molecule has 2 aromatic heterocycles. The summed E-state index contributed by atoms with van der Waals surface area (Å²) in [4.78, 5) is 25.1. The van der Waals surface area contributed by atoms with Gasteiger partial charge >= 0.3 is 0 Å². The van der Waals surface area contributed by atoms with E-state index in [9.17, 15) is 14.3 Å². The summed E-state index contributed by atoms with van der Waals surface area (Å²) < 4.78 is 15.3. The summed E-state index contributed by atoms with van der Waals surface area (Å²) in [5.74, 6) is -0.895. The molecular formula is C29H32FN5O2. The lowest BCUT2D eigenvalue weighted by Crippen LogP contribution is -2.42. The molecule has 5 rings (SSSR count). The number of pyridine rings is 1. The second-order valence-corrected chi connectivity index (χ2v) is 10.2. The van der Waals surface area contributed by atoms with E-state index in [4.69, 9.17) is 0 Å². The van der Waals surface area contributed by atoms with E-state index in [0.717, 1.165) is 53.4 Å². The fourth-order valence-corrected chi connectivity index (χ4v) is 5.36. The second-order valence-electron chi connectivity index (χ2n) is 10.2. The zero-order chi connectivity index (χ0) is 26.1. The molecule has 0 bridgehead atoms. The first-order valence-corrected chi connectivity index (χ1v) is 12.7. The number of halogens is 1. The number of aryl methyl sites for hydroxylation is 2. The van der Waals surface area contributed by atoms with Crippen molar-refractivity contribution in [3.8, 4) is 22.6 Å². The molecule has 0 radical (unpaired) electrons. The Labute approximate surface area is 215 Å². The van der Waals surface area contributed by atoms with Crippen molar-refractivity contribution in [2.24, 2.45) is 0 Å². The van der Waals surface area contributed by atoms with E-state index < -0.39 is 5.82 Å². The SMILES string of the molecule is Cc1cc(C)cc(-c2cnc3ncn(-c4cc(O)cc(F)c4)c(=O)c3c2CN(C)C[C@@H]2CCCCN2)c1. The summed E-state index contributed by atoms with van der Waals surface area (Å²) >= 11 is 0. The molecule has 192 valence electrons. The van der Waals surface area contributed by atoms with Crippen LogP contribution in [0.4, 0.5) is 4.39 Å². The van der Waals surface area contributed by atoms with Crippen molar-refractivity contribution in [3.63, 3.8) is 0 Å². The first kappa shape index (κ1) is 25.0. The van der Waals surface area contributed by atoms with Crippen LogP contribution in [0.25, 0.3) is 27.8 Å². The lowest BCUT2D eigenvalue weighted by molar-refractivity contribution is 0.257. The van der Waals surface area contributed by atoms with Crippen LogP contribution in [-0.4, -0.2) is 50.7 Å². The van der Waals surface area contributed by atoms with Crippen LogP contribution in [0.15, 0.2) is 53.7 Å². The van der Waals surface area contributed by atoms with Crippen molar-refractivity contribution >= 4 is 11.0 Å². The van der Waals surface area contributed by atoms with Gasteiger partial charge in [-0.2, -0.15) is 0 Å². The number of likely N-dealkylation sites (N-methyl/N-ethyl adjacent to an activating group) is 1. The number of aromatic nitrogens is 3. The minimum atomic E-state index is -0.635. The largest absolute Gasteiger partial charge is 0.508 e. The molecule has 1 saturated heterocycles. The smallest absolute Gasteiger partial charge is 0.267 e. The number of piperidine rings is 1. The van der Waals surface area contributed by atoms with Crippen LogP contribution in [0.3, 0.4) is 0 Å². The van der Waals surface area contributed by atoms with Gasteiger partial charge in [0.1, 0.15) is 17.9 Å². The maximum Gasteiger partial charge on any atom is 0.267 e. The highest BCUT2D eigenvalue weighted by molar-refractivity contribution is 5.86. The number of nitrogens with one attached hydrogen (secondary N) is 1. The number of hydrogen-bond acceptors (Lipinski definition) is 6. The molecule has 8 heteroatoms. The molecule has 1 aliphatic heterocycles. The lowest BCUT2D eigenvalue weighted by Gasteiger charge is -2.29. The quantitative estimate of drug-likeness (QED) is 0.405. The van der Waals surface area contributed by atoms with Crippen LogP contribution in [0.1, 0.15) is 36.0 Å². The van der Waals surface area contributed by atoms with Gasteiger partial charge in [0.2, 0.25) is 0 Å². The summed E-state index contributed by atoms with van der Waals surface area (Å²) in [5.41, 5.74) is 5.15. The number of fused-ring (bicyclic) bond motifs is 1. The van der Waals surface area contributed by atoms with Gasteiger partial charge in [-0.25, -0.2) is 14.4 Å². The van der Waals surface area contributed by atoms with Crippen molar-refractivity contribution in [3.05, 3.63) is 81.8 Å². The molecule has 0 spiro atoms. The fraction of sp³-hybridized carbons (Fsp3) is 0.345. The summed E-state index contributed by atoms with van der Waals surface area (Å²) in [6.45, 7) is 6.50. The Morgan fingerprint density at radius 1 is 1.11 bits per heavy atom. The molecular weight excluding hydrogens is 469 g/mol. The van der Waals surface area contributed by atoms with Crippen LogP contribution in [0, 0.1) is 19.7 Å². The Balaban J connectivity index is 1.68. The molecule has 3 heterocycles. The third kappa shape index (κ3) is 5.40. The van der Waals surface area contributed by atoms with Gasteiger partial charge in [-0.3, -0.25) is 9.36 Å². The second kappa shape index (κ2) is 10.4. The van der Waals surface area contributed by atoms with Gasteiger partial charge in [0, 0.05) is 43.0 Å². The fourth-order valence-electron chi connectivity index (χ4n) is 5.36. The van der Waals surface area contributed by atoms with Crippen LogP contribution in [0.2, 0.25) is 0 Å². The molecule has 2 N–H and O–H groups in total. The third-order valence-corrected chi connectivity index (χ3v) is 6.95. The Kier molecular flexibility index (Phi) is 7.04. The molecule has 0 saturated carbocycles. The van der Waals surface area contributed by atoms with Crippen molar-refractivity contribution in [1.82, 2.24) is 24.8 Å². The zero-order valence-electron chi connectivity index (χ0n) is 21.5. The molecule has 4 aromatic rings. The van der Waals surface area contributed by atoms with Gasteiger partial charge in [-0.1, -0.05) is 35.7 Å². The van der Waals surface area contributed by atoms with Crippen LogP contribution >= 0.6 is 0 Å². The van der Waals surface area contributed by atoms with E-state index in [-0.39, 0.29) is 17.0 Å². The molecule has 0 aliphatic carbocycles. The average molecular weight is 502 g/mol. The average Bonchev–Trinajstić information content (AvgIpc) is 2.83. The lowest BCUT2D eigenvalue weighted by atomic mass is 9.96. The predicted molar refractivity (Wildman–Crippen MR) is 144 cm³/mol. The van der Waals surface area contributed by atoms with E-state index >= 15 is 0 Å². The van der Waals surface area contributed by atoms with Crippen molar-refractivity contribution in [1.29, 1.82) is 0 Å². The number of aromatic hydroxyl groups is 1. The van der Waals surface area contributed by atoms with Crippen LogP contribution < -0.4 is 10.9 Å². The van der Waals surface area contributed by atoms with Gasteiger partial charge in [0.15, 0.2) is 5.65 Å². The number of phenols is 1. The highest BCUT2D eigenvalue weighted by Crippen LogP contribution is 2.30. The van der Waals surface area contributed by atoms with Gasteiger partial charge in [-0.15, -0.1) is 0 Å². The number of hydrogen-bond donors (Lipinski definition) is 2. The molecule has 1 aliphatic rings. The number of nitrogens with zero attached hydrogens (tertiary/aromatic N) is 4. The van der Waals surface area contributed by atoms with E-state index in [0.29, 0.717) is 23.6 Å². The first-order chi connectivity index (χ1) is 17.8. The van der Waals surface area contributed by atoms with Crippen molar-refractivity contribution in [2.45, 2.75) is 45.7 Å². The van der Waals surface area contributed by atoms with Gasteiger partial charge in [-0.05, 0) is 57.5 Å². The van der Waals surface area contributed by atoms with Crippen LogP contribution in [0.5, 0.6) is 5.75 Å². The van der Waals surface area contributed by atoms with E-state index in [1.807, 2.05) is 0 Å². The summed E-state index contributed by atoms with van der Waals surface area (Å²) in [7, 11) is 2.06. The minimum absolute atomic E-state index is 0.208. The maximum atomic E-state index is 14.1. The first-order valence-electron chi connectivity index (χ1n) is 12.7. The van der Waals surface area contributed by atoms with E-state index in [2.05, 4.69) is 59.3 Å². The summed E-state index contributed by atoms with van der Waals surface area (Å²) in [5, 5.41) is 13.9. The molecule has 0 amide bonds. The highest BCUT2D eigenvalue weighted by atomic mass is 19.1. The summed E-state index contributed by atoms with van der Waals surface area (Å²) in [6, 6.07) is 10.3. The van der Waals surface area contributed by atoms with Gasteiger partial charge < -0.3 is 15.3 Å². The van der Waals surface area contributed by atoms with Gasteiger partial charge in [0.05, 0.1) is 11.1 Å². The standard InChI is InChI=1S/C29H32FN5O2/c1-18-8-19(2)10-20(9-18)25-14-32-28-27(26(25)16-34(3)15-22-6-4-5-7-31-22)29(37)35(17-33-28)23-11-21(30)12-24(36)13-23/h8-14,17,22,31,36H,4-7,15-16H2,1-3H3/t22-/m0/s1. The zero-order valence-corrected chi connectivity index (χ0v) is 21.5. The predicted octanol–water partition coefficient (Wildman–Crippen LogP) is 4.48. The molecule has 0 unspecified atom stereocenters. The van der Waals surface area contributed by atoms with Crippen molar-refractivity contribution < 1.29 is 9.50 Å². The molecule has 2 aromatic carbocycles. The highest BCUT2D eigenvalue weighted by Gasteiger charge is 2.21. The minimum Gasteiger partial charge on any atom is -0.508 e. The van der Waals surface area contributed by atoms with Crippen LogP contribution in [-0.2, 0) is 6.54 Å². The summed E-state index contributed by atoms with van der Waals surface area (Å²) in [6.07, 6.45) is 6.67. The molecule has 1 fully saturated rings. The maximum absolute atomic E-state index is 14.1. The Bertz CT molecular complexity index is 1460. The molecule has 37 heavy (non-hydrogen) atoms. The Morgan fingerprint density at radius 2 is 1.89 bits per heavy atom. The molecule has 7 nitrogen and oxygen atoms in total. The number of benzene rings is 2.